The molecule has 0 spiro atoms. The second kappa shape index (κ2) is 8.78. The van der Waals surface area contributed by atoms with Crippen molar-refractivity contribution in [3.63, 3.8) is 0 Å². The molecule has 1 aliphatic rings. The van der Waals surface area contributed by atoms with Crippen molar-refractivity contribution >= 4 is 17.7 Å². The highest BCUT2D eigenvalue weighted by molar-refractivity contribution is 5.92. The summed E-state index contributed by atoms with van der Waals surface area (Å²) in [5.74, 6) is -2.99. The number of hydrogen-bond donors (Lipinski definition) is 1. The van der Waals surface area contributed by atoms with E-state index in [0.29, 0.717) is 5.70 Å². The van der Waals surface area contributed by atoms with Gasteiger partial charge in [0.15, 0.2) is 11.6 Å². The maximum atomic E-state index is 13.9. The van der Waals surface area contributed by atoms with E-state index >= 15 is 0 Å². The summed E-state index contributed by atoms with van der Waals surface area (Å²) in [5.41, 5.74) is 0.341. The van der Waals surface area contributed by atoms with Gasteiger partial charge in [-0.25, -0.2) is 18.4 Å². The number of rotatable bonds is 4. The van der Waals surface area contributed by atoms with Gasteiger partial charge in [-0.05, 0) is 36.8 Å². The summed E-state index contributed by atoms with van der Waals surface area (Å²) in [5, 5.41) is 13.6. The van der Waals surface area contributed by atoms with Gasteiger partial charge in [0.1, 0.15) is 5.75 Å². The Labute approximate surface area is 175 Å². The Bertz CT molecular complexity index is 1070. The van der Waals surface area contributed by atoms with E-state index < -0.39 is 34.7 Å². The average molecular weight is 433 g/mol. The number of carbonyl (C=O) groups excluding carboxylic acids is 2. The topological polar surface area (TPSA) is 111 Å². The number of esters is 1. The SMILES string of the molecule is COC(=O)C1=C(C)NCN(C(=O)Oc2ccc([N+](=O)[O-])cc2)C1c1ccc(F)c(F)c1. The average Bonchev–Trinajstić information content (AvgIpc) is 2.75. The minimum absolute atomic E-state index is 0.0143. The number of methoxy groups -OCH3 is 1. The van der Waals surface area contributed by atoms with Crippen LogP contribution in [0.3, 0.4) is 0 Å². The fourth-order valence-electron chi connectivity index (χ4n) is 3.12. The van der Waals surface area contributed by atoms with Crippen molar-refractivity contribution in [3.8, 4) is 5.75 Å². The Morgan fingerprint density at radius 2 is 1.84 bits per heavy atom. The summed E-state index contributed by atoms with van der Waals surface area (Å²) in [4.78, 5) is 36.5. The molecule has 2 aromatic carbocycles. The first-order valence-corrected chi connectivity index (χ1v) is 8.93. The van der Waals surface area contributed by atoms with Gasteiger partial charge in [0.25, 0.3) is 5.69 Å². The van der Waals surface area contributed by atoms with Crippen molar-refractivity contribution in [2.24, 2.45) is 0 Å². The zero-order valence-corrected chi connectivity index (χ0v) is 16.4. The fraction of sp³-hybridized carbons (Fsp3) is 0.200. The minimum Gasteiger partial charge on any atom is -0.466 e. The predicted molar refractivity (Wildman–Crippen MR) is 103 cm³/mol. The number of ether oxygens (including phenoxy) is 2. The van der Waals surface area contributed by atoms with Gasteiger partial charge in [0.05, 0.1) is 30.3 Å². The monoisotopic (exact) mass is 433 g/mol. The lowest BCUT2D eigenvalue weighted by Crippen LogP contribution is -2.48. The second-order valence-electron chi connectivity index (χ2n) is 6.53. The number of carbonyl (C=O) groups is 2. The molecule has 1 N–H and O–H groups in total. The lowest BCUT2D eigenvalue weighted by molar-refractivity contribution is -0.384. The van der Waals surface area contributed by atoms with Crippen LogP contribution >= 0.6 is 0 Å². The van der Waals surface area contributed by atoms with Crippen LogP contribution in [0.15, 0.2) is 53.7 Å². The number of nitrogens with one attached hydrogen (secondary N) is 1. The fourth-order valence-corrected chi connectivity index (χ4v) is 3.12. The van der Waals surface area contributed by atoms with Crippen LogP contribution in [0.4, 0.5) is 19.3 Å². The Kier molecular flexibility index (Phi) is 6.14. The molecule has 0 aliphatic carbocycles. The molecule has 0 fully saturated rings. The van der Waals surface area contributed by atoms with Crippen molar-refractivity contribution in [3.05, 3.63) is 81.0 Å². The van der Waals surface area contributed by atoms with Gasteiger partial charge in [-0.3, -0.25) is 15.0 Å². The van der Waals surface area contributed by atoms with E-state index in [1.165, 1.54) is 18.2 Å². The molecule has 1 aliphatic heterocycles. The van der Waals surface area contributed by atoms with Crippen LogP contribution in [0, 0.1) is 21.7 Å². The predicted octanol–water partition coefficient (Wildman–Crippen LogP) is 3.42. The van der Waals surface area contributed by atoms with Crippen LogP contribution in [-0.4, -0.2) is 35.7 Å². The molecule has 0 saturated heterocycles. The standard InChI is InChI=1S/C20H17F2N3O6/c1-11-17(19(26)30-2)18(12-3-8-15(21)16(22)9-12)24(10-23-11)20(27)31-14-6-4-13(5-7-14)25(28)29/h3-9,18,23H,10H2,1-2H3. The Hall–Kier alpha value is -4.02. The molecular weight excluding hydrogens is 416 g/mol. The molecule has 162 valence electrons. The van der Waals surface area contributed by atoms with Crippen molar-refractivity contribution in [1.82, 2.24) is 10.2 Å². The number of allylic oxidation sites excluding steroid dienone is 1. The summed E-state index contributed by atoms with van der Waals surface area (Å²) in [6, 6.07) is 6.68. The number of nitro benzene ring substituents is 1. The molecule has 3 rings (SSSR count). The Balaban J connectivity index is 1.98. The second-order valence-corrected chi connectivity index (χ2v) is 6.53. The van der Waals surface area contributed by atoms with Crippen LogP contribution < -0.4 is 10.1 Å². The van der Waals surface area contributed by atoms with E-state index in [1.54, 1.807) is 6.92 Å². The first-order valence-electron chi connectivity index (χ1n) is 8.93. The molecule has 0 radical (unpaired) electrons. The van der Waals surface area contributed by atoms with Crippen molar-refractivity contribution in [2.75, 3.05) is 13.8 Å². The zero-order valence-electron chi connectivity index (χ0n) is 16.4. The number of amides is 1. The van der Waals surface area contributed by atoms with Gasteiger partial charge >= 0.3 is 12.1 Å². The molecule has 9 nitrogen and oxygen atoms in total. The third-order valence-corrected chi connectivity index (χ3v) is 4.66. The first kappa shape index (κ1) is 21.7. The molecule has 1 atom stereocenters. The lowest BCUT2D eigenvalue weighted by Gasteiger charge is -2.37. The zero-order chi connectivity index (χ0) is 22.7. The number of nitro groups is 1. The third kappa shape index (κ3) is 4.44. The summed E-state index contributed by atoms with van der Waals surface area (Å²) in [7, 11) is 1.15. The molecule has 1 amide bonds. The van der Waals surface area contributed by atoms with Crippen LogP contribution in [0.25, 0.3) is 0 Å². The third-order valence-electron chi connectivity index (χ3n) is 4.66. The molecule has 2 aromatic rings. The number of non-ortho nitro benzene ring substituents is 1. The van der Waals surface area contributed by atoms with Gasteiger partial charge < -0.3 is 14.8 Å². The van der Waals surface area contributed by atoms with Gasteiger partial charge in [-0.15, -0.1) is 0 Å². The maximum Gasteiger partial charge on any atom is 0.417 e. The maximum absolute atomic E-state index is 13.9. The number of benzene rings is 2. The van der Waals surface area contributed by atoms with Crippen LogP contribution in [0.1, 0.15) is 18.5 Å². The minimum atomic E-state index is -1.15. The van der Waals surface area contributed by atoms with E-state index in [1.807, 2.05) is 0 Å². The Morgan fingerprint density at radius 3 is 2.42 bits per heavy atom. The number of nitrogens with zero attached hydrogens (tertiary/aromatic N) is 2. The molecule has 0 bridgehead atoms. The largest absolute Gasteiger partial charge is 0.466 e. The molecule has 1 unspecified atom stereocenters. The summed E-state index contributed by atoms with van der Waals surface area (Å²) in [6.07, 6.45) is -0.926. The Morgan fingerprint density at radius 1 is 1.16 bits per heavy atom. The van der Waals surface area contributed by atoms with Crippen molar-refractivity contribution in [1.29, 1.82) is 0 Å². The van der Waals surface area contributed by atoms with Gasteiger partial charge in [0, 0.05) is 17.8 Å². The molecule has 0 aromatic heterocycles. The summed E-state index contributed by atoms with van der Waals surface area (Å²) in [6.45, 7) is 1.47. The molecule has 1 heterocycles. The first-order chi connectivity index (χ1) is 14.7. The normalized spacial score (nSPS) is 15.9. The van der Waals surface area contributed by atoms with Gasteiger partial charge in [0.2, 0.25) is 0 Å². The highest BCUT2D eigenvalue weighted by Crippen LogP contribution is 2.35. The molecule has 0 saturated carbocycles. The van der Waals surface area contributed by atoms with Crippen molar-refractivity contribution < 1.29 is 32.8 Å². The van der Waals surface area contributed by atoms with E-state index in [4.69, 9.17) is 9.47 Å². The number of halogens is 2. The van der Waals surface area contributed by atoms with E-state index in [0.717, 1.165) is 36.3 Å². The summed E-state index contributed by atoms with van der Waals surface area (Å²) < 4.78 is 37.4. The van der Waals surface area contributed by atoms with Gasteiger partial charge in [-0.1, -0.05) is 6.07 Å². The van der Waals surface area contributed by atoms with E-state index in [-0.39, 0.29) is 29.2 Å². The van der Waals surface area contributed by atoms with E-state index in [2.05, 4.69) is 5.32 Å². The lowest BCUT2D eigenvalue weighted by atomic mass is 9.94. The van der Waals surface area contributed by atoms with E-state index in [9.17, 15) is 28.5 Å². The van der Waals surface area contributed by atoms with Crippen LogP contribution in [-0.2, 0) is 9.53 Å². The smallest absolute Gasteiger partial charge is 0.417 e. The van der Waals surface area contributed by atoms with Gasteiger partial charge in [-0.2, -0.15) is 0 Å². The van der Waals surface area contributed by atoms with Crippen LogP contribution in [0.5, 0.6) is 5.75 Å². The molecular formula is C20H17F2N3O6. The number of hydrogen-bond acceptors (Lipinski definition) is 7. The molecule has 11 heteroatoms. The van der Waals surface area contributed by atoms with Crippen molar-refractivity contribution in [2.45, 2.75) is 13.0 Å². The highest BCUT2D eigenvalue weighted by atomic mass is 19.2. The molecule has 31 heavy (non-hydrogen) atoms. The highest BCUT2D eigenvalue weighted by Gasteiger charge is 2.38. The van der Waals surface area contributed by atoms with Crippen LogP contribution in [0.2, 0.25) is 0 Å². The quantitative estimate of drug-likeness (QED) is 0.447. The summed E-state index contributed by atoms with van der Waals surface area (Å²) >= 11 is 0.